The van der Waals surface area contributed by atoms with Crippen LogP contribution in [0.3, 0.4) is 0 Å². The quantitative estimate of drug-likeness (QED) is 0.882. The van der Waals surface area contributed by atoms with E-state index in [2.05, 4.69) is 4.90 Å². The van der Waals surface area contributed by atoms with Gasteiger partial charge in [0, 0.05) is 24.7 Å². The van der Waals surface area contributed by atoms with Crippen LogP contribution in [-0.2, 0) is 6.54 Å². The van der Waals surface area contributed by atoms with Gasteiger partial charge in [-0.1, -0.05) is 18.5 Å². The van der Waals surface area contributed by atoms with Crippen molar-refractivity contribution in [2.75, 3.05) is 13.1 Å². The summed E-state index contributed by atoms with van der Waals surface area (Å²) < 4.78 is 13.0. The third-order valence-corrected chi connectivity index (χ3v) is 3.46. The largest absolute Gasteiger partial charge is 0.387 e. The fourth-order valence-corrected chi connectivity index (χ4v) is 2.20. The summed E-state index contributed by atoms with van der Waals surface area (Å²) >= 11 is 5.97. The molecule has 1 saturated heterocycles. The zero-order valence-electron chi connectivity index (χ0n) is 9.21. The predicted molar refractivity (Wildman–Crippen MR) is 61.9 cm³/mol. The van der Waals surface area contributed by atoms with E-state index in [4.69, 9.17) is 11.6 Å². The van der Waals surface area contributed by atoms with E-state index in [1.54, 1.807) is 6.07 Å². The summed E-state index contributed by atoms with van der Waals surface area (Å²) in [5.74, 6) is -0.273. The van der Waals surface area contributed by atoms with E-state index >= 15 is 0 Å². The number of β-amino-alcohol motifs (C(OH)–C–C–N with tert-alkyl or cyclic N) is 1. The normalized spacial score (nSPS) is 19.5. The van der Waals surface area contributed by atoms with Gasteiger partial charge in [-0.2, -0.15) is 0 Å². The summed E-state index contributed by atoms with van der Waals surface area (Å²) in [5, 5.41) is 10.4. The van der Waals surface area contributed by atoms with Crippen LogP contribution in [0.25, 0.3) is 0 Å². The number of likely N-dealkylation sites (tertiary alicyclic amines) is 1. The third kappa shape index (κ3) is 2.37. The van der Waals surface area contributed by atoms with E-state index in [0.717, 1.165) is 12.0 Å². The maximum atomic E-state index is 13.0. The lowest BCUT2D eigenvalue weighted by Gasteiger charge is -2.46. The fourth-order valence-electron chi connectivity index (χ4n) is 2.03. The second-order valence-electron chi connectivity index (χ2n) is 4.46. The first-order chi connectivity index (χ1) is 7.52. The highest BCUT2D eigenvalue weighted by atomic mass is 35.5. The lowest BCUT2D eigenvalue weighted by Crippen LogP contribution is -2.60. The maximum absolute atomic E-state index is 13.0. The topological polar surface area (TPSA) is 23.5 Å². The molecule has 4 heteroatoms. The van der Waals surface area contributed by atoms with Crippen molar-refractivity contribution in [3.63, 3.8) is 0 Å². The Bertz CT molecular complexity index is 391. The van der Waals surface area contributed by atoms with Gasteiger partial charge in [-0.05, 0) is 30.2 Å². The van der Waals surface area contributed by atoms with Crippen molar-refractivity contribution in [2.24, 2.45) is 0 Å². The number of hydrogen-bond donors (Lipinski definition) is 1. The van der Waals surface area contributed by atoms with Crippen LogP contribution in [0, 0.1) is 5.82 Å². The second-order valence-corrected chi connectivity index (χ2v) is 4.87. The molecule has 0 amide bonds. The van der Waals surface area contributed by atoms with Crippen LogP contribution in [0.2, 0.25) is 5.02 Å². The van der Waals surface area contributed by atoms with E-state index in [-0.39, 0.29) is 5.82 Å². The molecular formula is C12H15ClFNO. The van der Waals surface area contributed by atoms with Crippen LogP contribution >= 0.6 is 11.6 Å². The van der Waals surface area contributed by atoms with Gasteiger partial charge in [0.25, 0.3) is 0 Å². The van der Waals surface area contributed by atoms with Crippen molar-refractivity contribution in [3.05, 3.63) is 34.6 Å². The molecule has 0 spiro atoms. The average Bonchev–Trinajstić information content (AvgIpc) is 2.21. The smallest absolute Gasteiger partial charge is 0.123 e. The Kier molecular flexibility index (Phi) is 3.19. The van der Waals surface area contributed by atoms with E-state index in [9.17, 15) is 9.50 Å². The summed E-state index contributed by atoms with van der Waals surface area (Å²) in [6, 6.07) is 4.37. The van der Waals surface area contributed by atoms with Crippen LogP contribution < -0.4 is 0 Å². The number of aliphatic hydroxyl groups is 1. The van der Waals surface area contributed by atoms with Crippen molar-refractivity contribution in [3.8, 4) is 0 Å². The summed E-state index contributed by atoms with van der Waals surface area (Å²) in [7, 11) is 0. The summed E-state index contributed by atoms with van der Waals surface area (Å²) in [4.78, 5) is 2.06. The second kappa shape index (κ2) is 4.32. The Morgan fingerprint density at radius 3 is 2.81 bits per heavy atom. The molecule has 0 saturated carbocycles. The first-order valence-electron chi connectivity index (χ1n) is 5.41. The highest BCUT2D eigenvalue weighted by Crippen LogP contribution is 2.27. The Morgan fingerprint density at radius 1 is 1.50 bits per heavy atom. The van der Waals surface area contributed by atoms with Gasteiger partial charge in [0.15, 0.2) is 0 Å². The van der Waals surface area contributed by atoms with Crippen molar-refractivity contribution in [2.45, 2.75) is 25.5 Å². The van der Waals surface area contributed by atoms with Crippen LogP contribution in [0.5, 0.6) is 0 Å². The van der Waals surface area contributed by atoms with E-state index in [1.807, 2.05) is 6.92 Å². The molecule has 1 N–H and O–H groups in total. The summed E-state index contributed by atoms with van der Waals surface area (Å²) in [6.45, 7) is 3.83. The molecule has 1 aromatic carbocycles. The number of halogens is 2. The Morgan fingerprint density at radius 2 is 2.19 bits per heavy atom. The molecule has 0 unspecified atom stereocenters. The number of rotatable bonds is 3. The lowest BCUT2D eigenvalue weighted by molar-refractivity contribution is -0.103. The van der Waals surface area contributed by atoms with Crippen molar-refractivity contribution >= 4 is 11.6 Å². The highest BCUT2D eigenvalue weighted by molar-refractivity contribution is 6.31. The summed E-state index contributed by atoms with van der Waals surface area (Å²) in [6.07, 6.45) is 0.750. The van der Waals surface area contributed by atoms with Gasteiger partial charge in [0.2, 0.25) is 0 Å². The summed E-state index contributed by atoms with van der Waals surface area (Å²) in [5.41, 5.74) is 0.222. The zero-order valence-corrected chi connectivity index (χ0v) is 9.97. The van der Waals surface area contributed by atoms with E-state index in [1.165, 1.54) is 12.1 Å². The van der Waals surface area contributed by atoms with Crippen LogP contribution in [0.1, 0.15) is 18.9 Å². The van der Waals surface area contributed by atoms with Crippen molar-refractivity contribution in [1.29, 1.82) is 0 Å². The Hall–Kier alpha value is -0.640. The minimum Gasteiger partial charge on any atom is -0.387 e. The minimum atomic E-state index is -0.556. The van der Waals surface area contributed by atoms with E-state index in [0.29, 0.717) is 24.7 Å². The molecule has 88 valence electrons. The molecule has 2 nitrogen and oxygen atoms in total. The molecule has 1 aliphatic rings. The van der Waals surface area contributed by atoms with Gasteiger partial charge in [-0.25, -0.2) is 4.39 Å². The molecule has 1 heterocycles. The number of benzene rings is 1. The van der Waals surface area contributed by atoms with Crippen LogP contribution in [-0.4, -0.2) is 28.7 Å². The van der Waals surface area contributed by atoms with Crippen LogP contribution in [0.4, 0.5) is 4.39 Å². The molecule has 2 rings (SSSR count). The Balaban J connectivity index is 1.99. The SMILES string of the molecule is CCC1(O)CN(Cc2cc(F)ccc2Cl)C1. The first kappa shape index (κ1) is 11.8. The van der Waals surface area contributed by atoms with Gasteiger partial charge in [-0.15, -0.1) is 0 Å². The minimum absolute atomic E-state index is 0.273. The molecule has 0 aliphatic carbocycles. The molecule has 1 fully saturated rings. The fraction of sp³-hybridized carbons (Fsp3) is 0.500. The molecule has 16 heavy (non-hydrogen) atoms. The number of nitrogens with zero attached hydrogens (tertiary/aromatic N) is 1. The molecule has 0 radical (unpaired) electrons. The highest BCUT2D eigenvalue weighted by Gasteiger charge is 2.39. The monoisotopic (exact) mass is 243 g/mol. The molecule has 0 aromatic heterocycles. The average molecular weight is 244 g/mol. The first-order valence-corrected chi connectivity index (χ1v) is 5.79. The molecular weight excluding hydrogens is 229 g/mol. The van der Waals surface area contributed by atoms with Gasteiger partial charge in [0.05, 0.1) is 5.60 Å². The zero-order chi connectivity index (χ0) is 11.8. The van der Waals surface area contributed by atoms with Crippen molar-refractivity contribution in [1.82, 2.24) is 4.90 Å². The van der Waals surface area contributed by atoms with Gasteiger partial charge < -0.3 is 5.11 Å². The third-order valence-electron chi connectivity index (χ3n) is 3.10. The standard InChI is InChI=1S/C12H15ClFNO/c1-2-12(16)7-15(8-12)6-9-5-10(14)3-4-11(9)13/h3-5,16H,2,6-8H2,1H3. The predicted octanol–water partition coefficient (Wildman–Crippen LogP) is 2.44. The van der Waals surface area contributed by atoms with Crippen LogP contribution in [0.15, 0.2) is 18.2 Å². The number of hydrogen-bond acceptors (Lipinski definition) is 2. The molecule has 0 atom stereocenters. The maximum Gasteiger partial charge on any atom is 0.123 e. The molecule has 1 aliphatic heterocycles. The lowest BCUT2D eigenvalue weighted by atomic mass is 9.91. The van der Waals surface area contributed by atoms with Gasteiger partial charge in [-0.3, -0.25) is 4.90 Å². The molecule has 0 bridgehead atoms. The van der Waals surface area contributed by atoms with Gasteiger partial charge in [0.1, 0.15) is 5.82 Å². The Labute approximate surface area is 99.6 Å². The van der Waals surface area contributed by atoms with E-state index < -0.39 is 5.60 Å². The molecule has 1 aromatic rings. The van der Waals surface area contributed by atoms with Gasteiger partial charge >= 0.3 is 0 Å². The van der Waals surface area contributed by atoms with Crippen molar-refractivity contribution < 1.29 is 9.50 Å².